The highest BCUT2D eigenvalue weighted by Gasteiger charge is 2.28. The highest BCUT2D eigenvalue weighted by atomic mass is 16.6. The Labute approximate surface area is 111 Å². The molecule has 19 heavy (non-hydrogen) atoms. The number of aliphatic hydroxyl groups is 1. The predicted octanol–water partition coefficient (Wildman–Crippen LogP) is 1.31. The number of aromatic nitrogens is 1. The summed E-state index contributed by atoms with van der Waals surface area (Å²) in [5.41, 5.74) is 4.85. The highest BCUT2D eigenvalue weighted by molar-refractivity contribution is 5.61. The van der Waals surface area contributed by atoms with Crippen molar-refractivity contribution in [3.63, 3.8) is 0 Å². The molecule has 1 fully saturated rings. The molecule has 1 aromatic heterocycles. The maximum absolute atomic E-state index is 11.0. The van der Waals surface area contributed by atoms with Gasteiger partial charge in [-0.05, 0) is 32.3 Å². The fourth-order valence-corrected chi connectivity index (χ4v) is 2.31. The van der Waals surface area contributed by atoms with Gasteiger partial charge >= 0.3 is 5.69 Å². The van der Waals surface area contributed by atoms with Crippen molar-refractivity contribution < 1.29 is 10.0 Å². The first-order valence-corrected chi connectivity index (χ1v) is 6.27. The number of nitro groups is 1. The van der Waals surface area contributed by atoms with Gasteiger partial charge in [-0.2, -0.15) is 0 Å². The van der Waals surface area contributed by atoms with E-state index in [9.17, 15) is 15.2 Å². The van der Waals surface area contributed by atoms with E-state index in [1.165, 1.54) is 12.1 Å². The second-order valence-corrected chi connectivity index (χ2v) is 5.17. The number of hydrogen-bond acceptors (Lipinski definition) is 6. The minimum atomic E-state index is -0.718. The van der Waals surface area contributed by atoms with Crippen molar-refractivity contribution in [3.8, 4) is 0 Å². The van der Waals surface area contributed by atoms with E-state index in [4.69, 9.17) is 5.73 Å². The zero-order valence-electron chi connectivity index (χ0n) is 10.9. The zero-order valence-corrected chi connectivity index (χ0v) is 10.9. The smallest absolute Gasteiger partial charge is 0.311 e. The Balaban J connectivity index is 2.30. The van der Waals surface area contributed by atoms with Gasteiger partial charge < -0.3 is 15.7 Å². The molecule has 0 saturated carbocycles. The van der Waals surface area contributed by atoms with Crippen molar-refractivity contribution in [1.29, 1.82) is 0 Å². The molecule has 0 amide bonds. The molecule has 104 valence electrons. The Bertz CT molecular complexity index is 490. The van der Waals surface area contributed by atoms with E-state index in [0.29, 0.717) is 31.7 Å². The molecule has 2 heterocycles. The van der Waals surface area contributed by atoms with Gasteiger partial charge in [0.05, 0.1) is 10.5 Å². The van der Waals surface area contributed by atoms with Crippen LogP contribution in [0.1, 0.15) is 26.2 Å². The third-order valence-electron chi connectivity index (χ3n) is 3.44. The van der Waals surface area contributed by atoms with Crippen LogP contribution in [0.25, 0.3) is 0 Å². The summed E-state index contributed by atoms with van der Waals surface area (Å²) in [4.78, 5) is 16.5. The Morgan fingerprint density at radius 2 is 2.21 bits per heavy atom. The molecular formula is C12H18N4O3. The maximum Gasteiger partial charge on any atom is 0.311 e. The standard InChI is InChI=1S/C12H18N4O3/c1-12(17)5-2-7-15(8-6-12)11-9(16(18)19)3-4-10(13)14-11/h3-4,17H,2,5-8H2,1H3,(H2,13,14). The van der Waals surface area contributed by atoms with E-state index in [1.54, 1.807) is 6.92 Å². The van der Waals surface area contributed by atoms with Crippen molar-refractivity contribution in [2.45, 2.75) is 31.8 Å². The number of nitrogens with zero attached hydrogens (tertiary/aromatic N) is 3. The van der Waals surface area contributed by atoms with Crippen molar-refractivity contribution in [1.82, 2.24) is 4.98 Å². The Kier molecular flexibility index (Phi) is 3.57. The highest BCUT2D eigenvalue weighted by Crippen LogP contribution is 2.30. The summed E-state index contributed by atoms with van der Waals surface area (Å²) in [5, 5.41) is 21.1. The van der Waals surface area contributed by atoms with E-state index in [-0.39, 0.29) is 11.5 Å². The molecule has 0 bridgehead atoms. The normalized spacial score (nSPS) is 24.0. The average Bonchev–Trinajstić information content (AvgIpc) is 2.49. The summed E-state index contributed by atoms with van der Waals surface area (Å²) in [5.74, 6) is 0.555. The van der Waals surface area contributed by atoms with Gasteiger partial charge in [-0.15, -0.1) is 0 Å². The molecule has 1 aliphatic heterocycles. The predicted molar refractivity (Wildman–Crippen MR) is 72.0 cm³/mol. The largest absolute Gasteiger partial charge is 0.390 e. The number of hydrogen-bond donors (Lipinski definition) is 2. The van der Waals surface area contributed by atoms with Gasteiger partial charge in [-0.25, -0.2) is 4.98 Å². The van der Waals surface area contributed by atoms with Crippen LogP contribution < -0.4 is 10.6 Å². The van der Waals surface area contributed by atoms with Crippen LogP contribution in [-0.4, -0.2) is 33.7 Å². The van der Waals surface area contributed by atoms with Crippen LogP contribution in [0.4, 0.5) is 17.3 Å². The fourth-order valence-electron chi connectivity index (χ4n) is 2.31. The number of nitrogen functional groups attached to an aromatic ring is 1. The Morgan fingerprint density at radius 1 is 1.47 bits per heavy atom. The third kappa shape index (κ3) is 3.11. The molecule has 0 radical (unpaired) electrons. The number of nitrogens with two attached hydrogens (primary N) is 1. The fraction of sp³-hybridized carbons (Fsp3) is 0.583. The van der Waals surface area contributed by atoms with Crippen LogP contribution in [0.5, 0.6) is 0 Å². The zero-order chi connectivity index (χ0) is 14.0. The summed E-state index contributed by atoms with van der Waals surface area (Å²) < 4.78 is 0. The van der Waals surface area contributed by atoms with Crippen LogP contribution in [0.2, 0.25) is 0 Å². The quantitative estimate of drug-likeness (QED) is 0.617. The number of pyridine rings is 1. The lowest BCUT2D eigenvalue weighted by Gasteiger charge is -2.23. The van der Waals surface area contributed by atoms with Gasteiger partial charge in [0.15, 0.2) is 0 Å². The monoisotopic (exact) mass is 266 g/mol. The Hall–Kier alpha value is -1.89. The SMILES string of the molecule is CC1(O)CCCN(c2nc(N)ccc2[N+](=O)[O-])CC1. The second kappa shape index (κ2) is 5.00. The van der Waals surface area contributed by atoms with Gasteiger partial charge in [-0.1, -0.05) is 0 Å². The first kappa shape index (κ1) is 13.5. The van der Waals surface area contributed by atoms with Crippen LogP contribution in [0, 0.1) is 10.1 Å². The van der Waals surface area contributed by atoms with Gasteiger partial charge in [0.1, 0.15) is 5.82 Å². The summed E-state index contributed by atoms with van der Waals surface area (Å²) in [7, 11) is 0. The summed E-state index contributed by atoms with van der Waals surface area (Å²) >= 11 is 0. The molecule has 2 rings (SSSR count). The molecule has 0 aromatic carbocycles. The van der Waals surface area contributed by atoms with Gasteiger partial charge in [-0.3, -0.25) is 10.1 Å². The van der Waals surface area contributed by atoms with E-state index in [2.05, 4.69) is 4.98 Å². The summed E-state index contributed by atoms with van der Waals surface area (Å²) in [6.45, 7) is 2.95. The van der Waals surface area contributed by atoms with Crippen molar-refractivity contribution in [2.24, 2.45) is 0 Å². The van der Waals surface area contributed by atoms with E-state index in [1.807, 2.05) is 4.90 Å². The molecule has 1 aliphatic rings. The van der Waals surface area contributed by atoms with Gasteiger partial charge in [0.2, 0.25) is 5.82 Å². The summed E-state index contributed by atoms with van der Waals surface area (Å²) in [6, 6.07) is 2.80. The van der Waals surface area contributed by atoms with E-state index >= 15 is 0 Å². The van der Waals surface area contributed by atoms with Crippen molar-refractivity contribution in [3.05, 3.63) is 22.2 Å². The molecule has 7 heteroatoms. The van der Waals surface area contributed by atoms with Gasteiger partial charge in [0.25, 0.3) is 0 Å². The topological polar surface area (TPSA) is 106 Å². The maximum atomic E-state index is 11.0. The average molecular weight is 266 g/mol. The van der Waals surface area contributed by atoms with E-state index < -0.39 is 10.5 Å². The molecule has 1 saturated heterocycles. The number of rotatable bonds is 2. The molecule has 1 atom stereocenters. The third-order valence-corrected chi connectivity index (χ3v) is 3.44. The van der Waals surface area contributed by atoms with Crippen LogP contribution in [0.15, 0.2) is 12.1 Å². The molecule has 1 aromatic rings. The minimum absolute atomic E-state index is 0.0456. The summed E-state index contributed by atoms with van der Waals surface area (Å²) in [6.07, 6.45) is 2.00. The minimum Gasteiger partial charge on any atom is -0.390 e. The molecule has 0 spiro atoms. The second-order valence-electron chi connectivity index (χ2n) is 5.17. The lowest BCUT2D eigenvalue weighted by molar-refractivity contribution is -0.384. The van der Waals surface area contributed by atoms with Crippen LogP contribution in [-0.2, 0) is 0 Å². The lowest BCUT2D eigenvalue weighted by atomic mass is 9.98. The lowest BCUT2D eigenvalue weighted by Crippen LogP contribution is -2.29. The van der Waals surface area contributed by atoms with Crippen molar-refractivity contribution >= 4 is 17.3 Å². The Morgan fingerprint density at radius 3 is 2.89 bits per heavy atom. The van der Waals surface area contributed by atoms with Crippen LogP contribution in [0.3, 0.4) is 0 Å². The van der Waals surface area contributed by atoms with Crippen LogP contribution >= 0.6 is 0 Å². The van der Waals surface area contributed by atoms with Gasteiger partial charge in [0, 0.05) is 19.2 Å². The molecular weight excluding hydrogens is 248 g/mol. The first-order valence-electron chi connectivity index (χ1n) is 6.27. The first-order chi connectivity index (χ1) is 8.89. The molecule has 7 nitrogen and oxygen atoms in total. The molecule has 1 unspecified atom stereocenters. The number of anilines is 2. The molecule has 0 aliphatic carbocycles. The van der Waals surface area contributed by atoms with Crippen molar-refractivity contribution in [2.75, 3.05) is 23.7 Å². The van der Waals surface area contributed by atoms with E-state index in [0.717, 1.165) is 6.42 Å². The molecule has 3 N–H and O–H groups in total.